The van der Waals surface area contributed by atoms with Gasteiger partial charge in [0, 0.05) is 0 Å². The summed E-state index contributed by atoms with van der Waals surface area (Å²) in [7, 11) is 1.51. The van der Waals surface area contributed by atoms with Crippen molar-refractivity contribution in [2.45, 2.75) is 34.6 Å². The van der Waals surface area contributed by atoms with Crippen molar-refractivity contribution < 1.29 is 19.0 Å². The van der Waals surface area contributed by atoms with E-state index < -0.39 is 0 Å². The lowest BCUT2D eigenvalue weighted by atomic mass is 10.1. The van der Waals surface area contributed by atoms with Gasteiger partial charge in [-0.25, -0.2) is 0 Å². The lowest BCUT2D eigenvalue weighted by molar-refractivity contribution is 0.215. The molecule has 2 rings (SSSR count). The zero-order chi connectivity index (χ0) is 22.9. The number of rotatable bonds is 9. The second kappa shape index (κ2) is 15.4. The van der Waals surface area contributed by atoms with Crippen molar-refractivity contribution in [1.82, 2.24) is 0 Å². The van der Waals surface area contributed by atoms with Crippen LogP contribution < -0.4 is 14.2 Å². The summed E-state index contributed by atoms with van der Waals surface area (Å²) in [5, 5.41) is 3.71. The predicted octanol–water partition coefficient (Wildman–Crippen LogP) is 5.73. The number of nitrogens with zero attached hydrogens (tertiary/aromatic N) is 1. The van der Waals surface area contributed by atoms with E-state index >= 15 is 0 Å². The van der Waals surface area contributed by atoms with Gasteiger partial charge < -0.3 is 19.0 Å². The second-order valence-electron chi connectivity index (χ2n) is 6.18. The molecule has 0 amide bonds. The average Bonchev–Trinajstić information content (AvgIpc) is 2.78. The van der Waals surface area contributed by atoms with Crippen molar-refractivity contribution in [1.29, 1.82) is 0 Å². The molecule has 0 saturated carbocycles. The maximum atomic E-state index is 5.83. The Balaban J connectivity index is 0.00000233. The number of hydrogen-bond acceptors (Lipinski definition) is 5. The van der Waals surface area contributed by atoms with Crippen LogP contribution in [0.1, 0.15) is 37.5 Å². The van der Waals surface area contributed by atoms with Crippen LogP contribution in [0.5, 0.6) is 17.2 Å². The summed E-state index contributed by atoms with van der Waals surface area (Å²) in [6, 6.07) is 11.5. The smallest absolute Gasteiger partial charge is 0.149 e. The molecule has 0 N–H and O–H groups in total. The van der Waals surface area contributed by atoms with Crippen LogP contribution in [0.15, 0.2) is 53.7 Å². The topological polar surface area (TPSA) is 49.3 Å². The van der Waals surface area contributed by atoms with Gasteiger partial charge in [0.05, 0.1) is 6.21 Å². The van der Waals surface area contributed by atoms with Gasteiger partial charge in [0.2, 0.25) is 0 Å². The number of aryl methyl sites for hydroxylation is 2. The Morgan fingerprint density at radius 2 is 1.48 bits per heavy atom. The van der Waals surface area contributed by atoms with Crippen LogP contribution in [0, 0.1) is 25.7 Å². The maximum Gasteiger partial charge on any atom is 0.149 e. The molecule has 0 radical (unpaired) electrons. The predicted molar refractivity (Wildman–Crippen MR) is 127 cm³/mol. The van der Waals surface area contributed by atoms with E-state index in [0.29, 0.717) is 19.8 Å². The molecule has 0 aromatic heterocycles. The molecule has 166 valence electrons. The van der Waals surface area contributed by atoms with Crippen LogP contribution in [0.25, 0.3) is 0 Å². The van der Waals surface area contributed by atoms with Crippen molar-refractivity contribution in [3.8, 4) is 29.1 Å². The molecule has 0 aliphatic carbocycles. The van der Waals surface area contributed by atoms with E-state index in [0.717, 1.165) is 33.9 Å². The monoisotopic (exact) mass is 423 g/mol. The summed E-state index contributed by atoms with van der Waals surface area (Å²) in [6.45, 7) is 11.1. The largest absolute Gasteiger partial charge is 0.490 e. The molecule has 31 heavy (non-hydrogen) atoms. The number of ether oxygens (including phenoxy) is 3. The first-order valence-corrected chi connectivity index (χ1v) is 10.4. The first kappa shape index (κ1) is 25.6. The van der Waals surface area contributed by atoms with Gasteiger partial charge in [0.15, 0.2) is 0 Å². The van der Waals surface area contributed by atoms with E-state index in [-0.39, 0.29) is 0 Å². The zero-order valence-electron chi connectivity index (χ0n) is 19.4. The SMILES string of the molecule is C/C=C/COc1cc(C)c(OCC#CCOc2ccc(/C=N\OC)cc2)c(C)c1.CC. The lowest BCUT2D eigenvalue weighted by Crippen LogP contribution is -2.01. The third-order valence-corrected chi connectivity index (χ3v) is 3.93. The third-order valence-electron chi connectivity index (χ3n) is 3.93. The maximum absolute atomic E-state index is 5.83. The van der Waals surface area contributed by atoms with Crippen molar-refractivity contribution in [2.24, 2.45) is 5.16 Å². The van der Waals surface area contributed by atoms with E-state index in [9.17, 15) is 0 Å². The Bertz CT molecular complexity index is 867. The van der Waals surface area contributed by atoms with Gasteiger partial charge in [-0.3, -0.25) is 0 Å². The van der Waals surface area contributed by atoms with Crippen LogP contribution in [0.2, 0.25) is 0 Å². The fourth-order valence-corrected chi connectivity index (χ4v) is 2.56. The van der Waals surface area contributed by atoms with Gasteiger partial charge >= 0.3 is 0 Å². The molecule has 0 fully saturated rings. The Morgan fingerprint density at radius 3 is 2.06 bits per heavy atom. The normalized spacial score (nSPS) is 10.1. The van der Waals surface area contributed by atoms with Gasteiger partial charge in [-0.05, 0) is 73.9 Å². The molecular formula is C26H33NO4. The molecule has 0 spiro atoms. The summed E-state index contributed by atoms with van der Waals surface area (Å²) >= 11 is 0. The fraction of sp³-hybridized carbons (Fsp3) is 0.346. The van der Waals surface area contributed by atoms with Gasteiger partial charge in [0.25, 0.3) is 0 Å². The molecule has 0 aliphatic heterocycles. The molecule has 2 aromatic carbocycles. The number of oxime groups is 1. The highest BCUT2D eigenvalue weighted by molar-refractivity contribution is 5.79. The van der Waals surface area contributed by atoms with E-state index in [1.165, 1.54) is 7.11 Å². The minimum Gasteiger partial charge on any atom is -0.490 e. The summed E-state index contributed by atoms with van der Waals surface area (Å²) in [5.41, 5.74) is 2.98. The van der Waals surface area contributed by atoms with Crippen LogP contribution in [0.3, 0.4) is 0 Å². The molecule has 2 aromatic rings. The van der Waals surface area contributed by atoms with E-state index in [2.05, 4.69) is 21.8 Å². The van der Waals surface area contributed by atoms with Crippen molar-refractivity contribution >= 4 is 6.21 Å². The van der Waals surface area contributed by atoms with Gasteiger partial charge in [-0.2, -0.15) is 0 Å². The highest BCUT2D eigenvalue weighted by Crippen LogP contribution is 2.28. The molecule has 0 atom stereocenters. The zero-order valence-corrected chi connectivity index (χ0v) is 19.4. The average molecular weight is 424 g/mol. The number of benzene rings is 2. The molecule has 0 heterocycles. The van der Waals surface area contributed by atoms with Crippen LogP contribution in [-0.4, -0.2) is 33.1 Å². The highest BCUT2D eigenvalue weighted by Gasteiger charge is 2.06. The van der Waals surface area contributed by atoms with Gasteiger partial charge in [-0.15, -0.1) is 0 Å². The lowest BCUT2D eigenvalue weighted by Gasteiger charge is -2.12. The second-order valence-corrected chi connectivity index (χ2v) is 6.18. The van der Waals surface area contributed by atoms with Crippen molar-refractivity contribution in [3.05, 3.63) is 65.2 Å². The third kappa shape index (κ3) is 9.77. The minimum absolute atomic E-state index is 0.296. The van der Waals surface area contributed by atoms with E-state index in [4.69, 9.17) is 14.2 Å². The summed E-state index contributed by atoms with van der Waals surface area (Å²) < 4.78 is 17.1. The number of hydrogen-bond donors (Lipinski definition) is 0. The number of allylic oxidation sites excluding steroid dienone is 1. The summed E-state index contributed by atoms with van der Waals surface area (Å²) in [5.74, 6) is 8.36. The van der Waals surface area contributed by atoms with Gasteiger partial charge in [0.1, 0.15) is 44.2 Å². The van der Waals surface area contributed by atoms with E-state index in [1.807, 2.05) is 83.2 Å². The first-order valence-electron chi connectivity index (χ1n) is 10.4. The standard InChI is InChI=1S/C24H27NO4.C2H6/c1-5-6-13-28-23-16-19(2)24(20(3)17-23)29-15-8-7-14-27-22-11-9-21(10-12-22)18-25-26-4;1-2/h5-6,9-12,16-18H,13-15H2,1-4H3;1-2H3/b6-5+,25-18-;. The highest BCUT2D eigenvalue weighted by atomic mass is 16.6. The molecule has 0 unspecified atom stereocenters. The van der Waals surface area contributed by atoms with Gasteiger partial charge in [-0.1, -0.05) is 43.0 Å². The Morgan fingerprint density at radius 1 is 0.871 bits per heavy atom. The molecular weight excluding hydrogens is 390 g/mol. The van der Waals surface area contributed by atoms with E-state index in [1.54, 1.807) is 6.21 Å². The Labute approximate surface area is 186 Å². The fourth-order valence-electron chi connectivity index (χ4n) is 2.56. The van der Waals surface area contributed by atoms with Crippen LogP contribution in [0.4, 0.5) is 0 Å². The summed E-state index contributed by atoms with van der Waals surface area (Å²) in [4.78, 5) is 4.65. The first-order chi connectivity index (χ1) is 15.1. The summed E-state index contributed by atoms with van der Waals surface area (Å²) in [6.07, 6.45) is 5.56. The van der Waals surface area contributed by atoms with Crippen molar-refractivity contribution in [3.63, 3.8) is 0 Å². The van der Waals surface area contributed by atoms with Crippen LogP contribution >= 0.6 is 0 Å². The Hall–Kier alpha value is -3.39. The quantitative estimate of drug-likeness (QED) is 0.224. The molecule has 0 saturated heterocycles. The minimum atomic E-state index is 0.296. The molecule has 5 nitrogen and oxygen atoms in total. The van der Waals surface area contributed by atoms with Crippen LogP contribution in [-0.2, 0) is 4.84 Å². The molecule has 5 heteroatoms. The van der Waals surface area contributed by atoms with Crippen molar-refractivity contribution in [2.75, 3.05) is 26.9 Å². The molecule has 0 aliphatic rings. The molecule has 0 bridgehead atoms. The Kier molecular flexibility index (Phi) is 12.8.